The molecule has 1 amide bonds. The lowest BCUT2D eigenvalue weighted by molar-refractivity contribution is -0.870. The molecule has 3 unspecified atom stereocenters. The predicted molar refractivity (Wildman–Crippen MR) is 274 cm³/mol. The Bertz CT molecular complexity index is 1230. The Morgan fingerprint density at radius 1 is 0.562 bits per heavy atom. The van der Waals surface area contributed by atoms with Crippen LogP contribution in [0.1, 0.15) is 232 Å². The maximum absolute atomic E-state index is 12.9. The third-order valence-corrected chi connectivity index (χ3v) is 12.7. The third kappa shape index (κ3) is 48.1. The van der Waals surface area contributed by atoms with E-state index in [1.165, 1.54) is 135 Å². The van der Waals surface area contributed by atoms with Crippen LogP contribution in [0.3, 0.4) is 0 Å². The Kier molecular flexibility index (Phi) is 45.0. The van der Waals surface area contributed by atoms with Crippen LogP contribution in [-0.2, 0) is 18.4 Å². The van der Waals surface area contributed by atoms with Gasteiger partial charge < -0.3 is 28.8 Å². The van der Waals surface area contributed by atoms with Gasteiger partial charge in [-0.05, 0) is 57.8 Å². The summed E-state index contributed by atoms with van der Waals surface area (Å²) in [5.74, 6) is -0.168. The van der Waals surface area contributed by atoms with E-state index in [0.29, 0.717) is 23.9 Å². The Labute approximate surface area is 396 Å². The fourth-order valence-electron chi connectivity index (χ4n) is 7.60. The molecule has 0 aliphatic carbocycles. The van der Waals surface area contributed by atoms with Crippen LogP contribution in [0.5, 0.6) is 0 Å². The van der Waals surface area contributed by atoms with Gasteiger partial charge in [-0.15, -0.1) is 0 Å². The van der Waals surface area contributed by atoms with E-state index in [2.05, 4.69) is 79.9 Å². The fourth-order valence-corrected chi connectivity index (χ4v) is 8.32. The minimum atomic E-state index is -4.56. The number of carbonyl (C=O) groups excluding carboxylic acids is 1. The topological polar surface area (TPSA) is 108 Å². The highest BCUT2D eigenvalue weighted by Gasteiger charge is 2.24. The number of aliphatic hydroxyl groups is 1. The number of quaternary nitrogens is 1. The van der Waals surface area contributed by atoms with E-state index in [0.717, 1.165) is 70.6 Å². The molecule has 0 spiro atoms. The van der Waals surface area contributed by atoms with Crippen LogP contribution in [0.2, 0.25) is 0 Å². The third-order valence-electron chi connectivity index (χ3n) is 11.8. The van der Waals surface area contributed by atoms with Crippen LogP contribution in [0.15, 0.2) is 60.8 Å². The Hall–Kier alpha value is -1.80. The van der Waals surface area contributed by atoms with E-state index in [9.17, 15) is 19.4 Å². The summed E-state index contributed by atoms with van der Waals surface area (Å²) in [7, 11) is 1.30. The second kappa shape index (κ2) is 46.3. The summed E-state index contributed by atoms with van der Waals surface area (Å²) in [4.78, 5) is 25.3. The van der Waals surface area contributed by atoms with Crippen molar-refractivity contribution in [2.75, 3.05) is 40.9 Å². The number of aliphatic hydroxyl groups excluding tert-OH is 1. The van der Waals surface area contributed by atoms with Crippen molar-refractivity contribution in [1.82, 2.24) is 5.32 Å². The van der Waals surface area contributed by atoms with Gasteiger partial charge in [0.05, 0.1) is 39.9 Å². The zero-order valence-electron chi connectivity index (χ0n) is 42.5. The summed E-state index contributed by atoms with van der Waals surface area (Å²) in [6.45, 7) is 4.56. The number of unbranched alkanes of at least 4 members (excludes halogenated alkanes) is 25. The number of carbonyl (C=O) groups is 1. The molecule has 0 aromatic carbocycles. The van der Waals surface area contributed by atoms with Gasteiger partial charge in [-0.25, -0.2) is 0 Å². The summed E-state index contributed by atoms with van der Waals surface area (Å²) >= 11 is 0. The number of phosphoric ester groups is 1. The summed E-state index contributed by atoms with van der Waals surface area (Å²) in [5.41, 5.74) is 0. The molecule has 0 rings (SSSR count). The molecule has 9 heteroatoms. The van der Waals surface area contributed by atoms with Gasteiger partial charge in [-0.1, -0.05) is 229 Å². The number of nitrogens with zero attached hydrogens (tertiary/aromatic N) is 1. The van der Waals surface area contributed by atoms with Crippen molar-refractivity contribution < 1.29 is 32.9 Å². The van der Waals surface area contributed by atoms with Gasteiger partial charge in [-0.3, -0.25) is 9.36 Å². The molecule has 0 saturated heterocycles. The second-order valence-corrected chi connectivity index (χ2v) is 20.6. The Morgan fingerprint density at radius 2 is 0.953 bits per heavy atom. The number of amides is 1. The first-order chi connectivity index (χ1) is 31.0. The number of hydrogen-bond donors (Lipinski definition) is 2. The summed E-state index contributed by atoms with van der Waals surface area (Å²) in [5, 5.41) is 13.8. The minimum Gasteiger partial charge on any atom is -0.756 e. The highest BCUT2D eigenvalue weighted by atomic mass is 31.2. The normalized spacial score (nSPS) is 14.5. The molecule has 0 fully saturated rings. The lowest BCUT2D eigenvalue weighted by Gasteiger charge is -2.30. The van der Waals surface area contributed by atoms with Crippen molar-refractivity contribution in [1.29, 1.82) is 0 Å². The lowest BCUT2D eigenvalue weighted by atomic mass is 10.0. The van der Waals surface area contributed by atoms with Gasteiger partial charge in [-0.2, -0.15) is 0 Å². The van der Waals surface area contributed by atoms with Crippen molar-refractivity contribution in [3.8, 4) is 0 Å². The number of rotatable bonds is 48. The minimum absolute atomic E-state index is 0.0116. The van der Waals surface area contributed by atoms with E-state index in [4.69, 9.17) is 9.05 Å². The molecule has 3 atom stereocenters. The van der Waals surface area contributed by atoms with Crippen LogP contribution in [0.25, 0.3) is 0 Å². The first kappa shape index (κ1) is 62.2. The average Bonchev–Trinajstić information content (AvgIpc) is 3.25. The van der Waals surface area contributed by atoms with Crippen molar-refractivity contribution in [3.63, 3.8) is 0 Å². The van der Waals surface area contributed by atoms with E-state index in [1.807, 2.05) is 21.1 Å². The van der Waals surface area contributed by atoms with E-state index >= 15 is 0 Å². The predicted octanol–water partition coefficient (Wildman–Crippen LogP) is 15.1. The van der Waals surface area contributed by atoms with E-state index < -0.39 is 20.0 Å². The molecule has 0 radical (unpaired) electrons. The van der Waals surface area contributed by atoms with E-state index in [1.54, 1.807) is 0 Å². The smallest absolute Gasteiger partial charge is 0.268 e. The lowest BCUT2D eigenvalue weighted by Crippen LogP contribution is -2.46. The largest absolute Gasteiger partial charge is 0.756 e. The summed E-state index contributed by atoms with van der Waals surface area (Å²) < 4.78 is 23.2. The molecule has 2 N–H and O–H groups in total. The van der Waals surface area contributed by atoms with Gasteiger partial charge in [0.25, 0.3) is 7.82 Å². The SMILES string of the molecule is CC/C=C\C/C=C\C/C=C\C/C=C\C/C=C\CCCCCCCCCCCCCCCCCCCCCC(=O)NC(COP(=O)([O-])OCC[N+](C)(C)C)C(O)CCCCCCCCC. The highest BCUT2D eigenvalue weighted by Crippen LogP contribution is 2.38. The monoisotopic (exact) mass is 919 g/mol. The molecular weight excluding hydrogens is 816 g/mol. The quantitative estimate of drug-likeness (QED) is 0.0272. The molecule has 0 aromatic heterocycles. The van der Waals surface area contributed by atoms with Crippen molar-refractivity contribution >= 4 is 13.7 Å². The van der Waals surface area contributed by atoms with Gasteiger partial charge in [0, 0.05) is 6.42 Å². The molecule has 0 bridgehead atoms. The molecule has 64 heavy (non-hydrogen) atoms. The number of allylic oxidation sites excluding steroid dienone is 10. The molecule has 0 aromatic rings. The van der Waals surface area contributed by atoms with Crippen molar-refractivity contribution in [2.45, 2.75) is 244 Å². The maximum Gasteiger partial charge on any atom is 0.268 e. The second-order valence-electron chi connectivity index (χ2n) is 19.2. The number of hydrogen-bond acceptors (Lipinski definition) is 6. The van der Waals surface area contributed by atoms with Gasteiger partial charge >= 0.3 is 0 Å². The molecule has 0 aliphatic heterocycles. The highest BCUT2D eigenvalue weighted by molar-refractivity contribution is 7.45. The Morgan fingerprint density at radius 3 is 1.39 bits per heavy atom. The summed E-state index contributed by atoms with van der Waals surface area (Å²) in [6, 6.07) is -0.797. The number of phosphoric acid groups is 1. The standard InChI is InChI=1S/C55H103N2O6P/c1-6-8-10-12-14-15-16-17-18-19-20-21-22-23-24-25-26-27-28-29-30-31-32-33-34-35-36-37-38-39-40-41-43-45-47-49-55(59)56-53(54(58)48-46-44-42-13-11-9-7-2)52-63-64(60,61)62-51-50-57(3,4)5/h8,10,14-15,17-18,20-21,23-24,53-54,58H,6-7,9,11-13,16,19,22,25-52H2,1-5H3,(H-,56,59,60,61)/b10-8-,15-14-,18-17-,21-20-,24-23-. The van der Waals surface area contributed by atoms with Gasteiger partial charge in [0.1, 0.15) is 13.2 Å². The zero-order valence-corrected chi connectivity index (χ0v) is 43.4. The first-order valence-corrected chi connectivity index (χ1v) is 28.1. The molecule has 0 saturated carbocycles. The van der Waals surface area contributed by atoms with Crippen LogP contribution in [0, 0.1) is 0 Å². The average molecular weight is 919 g/mol. The zero-order chi connectivity index (χ0) is 47.1. The Balaban J connectivity index is 3.85. The summed E-state index contributed by atoms with van der Waals surface area (Å²) in [6.07, 6.45) is 61.4. The fraction of sp³-hybridized carbons (Fsp3) is 0.800. The van der Waals surface area contributed by atoms with Crippen LogP contribution in [0.4, 0.5) is 0 Å². The molecule has 0 aliphatic rings. The first-order valence-electron chi connectivity index (χ1n) is 26.6. The molecule has 374 valence electrons. The van der Waals surface area contributed by atoms with E-state index in [-0.39, 0.29) is 19.1 Å². The van der Waals surface area contributed by atoms with Crippen LogP contribution in [-0.4, -0.2) is 68.5 Å². The van der Waals surface area contributed by atoms with Crippen LogP contribution >= 0.6 is 7.82 Å². The van der Waals surface area contributed by atoms with Gasteiger partial charge in [0.15, 0.2) is 0 Å². The molecular formula is C55H103N2O6P. The number of likely N-dealkylation sites (N-methyl/N-ethyl adjacent to an activating group) is 1. The van der Waals surface area contributed by atoms with Crippen molar-refractivity contribution in [3.05, 3.63) is 60.8 Å². The van der Waals surface area contributed by atoms with Crippen molar-refractivity contribution in [2.24, 2.45) is 0 Å². The number of nitrogens with one attached hydrogen (secondary N) is 1. The molecule has 0 heterocycles. The van der Waals surface area contributed by atoms with Crippen LogP contribution < -0.4 is 10.2 Å². The van der Waals surface area contributed by atoms with Gasteiger partial charge in [0.2, 0.25) is 5.91 Å². The maximum atomic E-state index is 12.9. The molecule has 8 nitrogen and oxygen atoms in total.